The summed E-state index contributed by atoms with van der Waals surface area (Å²) >= 11 is 0. The Labute approximate surface area is 247 Å². The van der Waals surface area contributed by atoms with Gasteiger partial charge in [-0.05, 0) is 61.1 Å². The van der Waals surface area contributed by atoms with E-state index < -0.39 is 17.8 Å². The first-order valence-electron chi connectivity index (χ1n) is 14.5. The Hall–Kier alpha value is -4.39. The van der Waals surface area contributed by atoms with Crippen LogP contribution < -0.4 is 14.2 Å². The lowest BCUT2D eigenvalue weighted by molar-refractivity contribution is -0.140. The second kappa shape index (κ2) is 13.5. The zero-order valence-corrected chi connectivity index (χ0v) is 24.4. The number of ketones is 1. The molecule has 0 amide bonds. The number of esters is 1. The van der Waals surface area contributed by atoms with Gasteiger partial charge in [-0.2, -0.15) is 0 Å². The molecule has 1 unspecified atom stereocenters. The lowest BCUT2D eigenvalue weighted by Crippen LogP contribution is -2.41. The summed E-state index contributed by atoms with van der Waals surface area (Å²) in [6, 6.07) is 25.1. The molecular formula is C35H37NO6. The van der Waals surface area contributed by atoms with Crippen molar-refractivity contribution in [3.05, 3.63) is 101 Å². The molecule has 0 aromatic heterocycles. The molecule has 1 heterocycles. The predicted molar refractivity (Wildman–Crippen MR) is 161 cm³/mol. The van der Waals surface area contributed by atoms with Crippen LogP contribution in [0.4, 0.5) is 0 Å². The Morgan fingerprint density at radius 1 is 0.833 bits per heavy atom. The second-order valence-electron chi connectivity index (χ2n) is 10.6. The molecule has 3 atom stereocenters. The molecule has 1 fully saturated rings. The van der Waals surface area contributed by atoms with Gasteiger partial charge in [0.25, 0.3) is 0 Å². The maximum Gasteiger partial charge on any atom is 0.336 e. The number of allylic oxidation sites excluding steroid dienone is 1. The van der Waals surface area contributed by atoms with E-state index in [2.05, 4.69) is 12.1 Å². The Balaban J connectivity index is 1.46. The fraction of sp³-hybridized carbons (Fsp3) is 0.343. The largest absolute Gasteiger partial charge is 0.493 e. The highest BCUT2D eigenvalue weighted by Crippen LogP contribution is 2.47. The summed E-state index contributed by atoms with van der Waals surface area (Å²) in [5.41, 5.74) is 3.66. The van der Waals surface area contributed by atoms with Crippen molar-refractivity contribution < 1.29 is 28.5 Å². The van der Waals surface area contributed by atoms with Crippen LogP contribution in [0.3, 0.4) is 0 Å². The summed E-state index contributed by atoms with van der Waals surface area (Å²) in [4.78, 5) is 32.5. The van der Waals surface area contributed by atoms with Crippen molar-refractivity contribution in [2.24, 2.45) is 10.9 Å². The number of Topliss-reactive ketones (excluding diaryl/α,β-unsaturated/α-hetero) is 1. The van der Waals surface area contributed by atoms with Crippen LogP contribution in [-0.2, 0) is 14.3 Å². The minimum absolute atomic E-state index is 0.0464. The topological polar surface area (TPSA) is 83.4 Å². The second-order valence-corrected chi connectivity index (χ2v) is 10.6. The van der Waals surface area contributed by atoms with Crippen LogP contribution in [0.5, 0.6) is 17.2 Å². The number of benzene rings is 3. The van der Waals surface area contributed by atoms with E-state index in [0.717, 1.165) is 23.3 Å². The normalized spacial score (nSPS) is 19.9. The third kappa shape index (κ3) is 6.40. The SMILES string of the molecule is CCCOc1ccc([C@H]2C(C(=O)OCCOc3ccccc3)=C(C)N=C3C[C@H](c4ccccc4)CC(=O)C32)cc1OC. The molecule has 3 aromatic carbocycles. The molecule has 2 aliphatic rings. The predicted octanol–water partition coefficient (Wildman–Crippen LogP) is 6.68. The van der Waals surface area contributed by atoms with E-state index in [4.69, 9.17) is 23.9 Å². The van der Waals surface area contributed by atoms with Gasteiger partial charge >= 0.3 is 5.97 Å². The van der Waals surface area contributed by atoms with Crippen LogP contribution in [0.1, 0.15) is 56.1 Å². The average molecular weight is 568 g/mol. The van der Waals surface area contributed by atoms with Gasteiger partial charge in [-0.15, -0.1) is 0 Å². The molecule has 7 nitrogen and oxygen atoms in total. The highest BCUT2D eigenvalue weighted by molar-refractivity contribution is 6.12. The molecule has 218 valence electrons. The van der Waals surface area contributed by atoms with Crippen molar-refractivity contribution >= 4 is 17.5 Å². The van der Waals surface area contributed by atoms with Crippen LogP contribution in [0.15, 0.2) is 95.1 Å². The van der Waals surface area contributed by atoms with Crippen LogP contribution in [0, 0.1) is 5.92 Å². The molecule has 42 heavy (non-hydrogen) atoms. The Kier molecular flexibility index (Phi) is 9.37. The zero-order chi connectivity index (χ0) is 29.5. The minimum atomic E-state index is -0.566. The van der Waals surface area contributed by atoms with Crippen LogP contribution >= 0.6 is 0 Å². The quantitative estimate of drug-likeness (QED) is 0.190. The van der Waals surface area contributed by atoms with Gasteiger partial charge in [0.05, 0.1) is 25.2 Å². The highest BCUT2D eigenvalue weighted by Gasteiger charge is 2.46. The summed E-state index contributed by atoms with van der Waals surface area (Å²) in [5.74, 6) is 0.362. The molecule has 1 saturated carbocycles. The summed E-state index contributed by atoms with van der Waals surface area (Å²) in [5, 5.41) is 0. The number of hydrogen-bond acceptors (Lipinski definition) is 7. The number of aliphatic imine (C=N–C) groups is 1. The first-order valence-corrected chi connectivity index (χ1v) is 14.5. The van der Waals surface area contributed by atoms with E-state index in [-0.39, 0.29) is 24.9 Å². The van der Waals surface area contributed by atoms with Crippen molar-refractivity contribution in [2.75, 3.05) is 26.9 Å². The van der Waals surface area contributed by atoms with Crippen LogP contribution in [0.2, 0.25) is 0 Å². The standard InChI is InChI=1S/C35H37NO6/c1-4-17-41-30-16-15-25(22-31(30)39-3)33-32(35(38)42-19-18-40-27-13-9-6-10-14-27)23(2)36-28-20-26(21-29(37)34(28)33)24-11-7-5-8-12-24/h5-16,22,26,33-34H,4,17-21H2,1-3H3/t26-,33-,34?/m0/s1. The van der Waals surface area contributed by atoms with Gasteiger partial charge < -0.3 is 18.9 Å². The number of rotatable bonds is 11. The number of carbonyl (C=O) groups excluding carboxylic acids is 2. The fourth-order valence-corrected chi connectivity index (χ4v) is 5.86. The summed E-state index contributed by atoms with van der Waals surface area (Å²) in [7, 11) is 1.59. The highest BCUT2D eigenvalue weighted by atomic mass is 16.6. The number of carbonyl (C=O) groups is 2. The molecule has 7 heteroatoms. The molecular weight excluding hydrogens is 530 g/mol. The van der Waals surface area contributed by atoms with Gasteiger partial charge in [0.15, 0.2) is 11.5 Å². The average Bonchev–Trinajstić information content (AvgIpc) is 3.02. The van der Waals surface area contributed by atoms with Gasteiger partial charge in [-0.25, -0.2) is 4.79 Å². The lowest BCUT2D eigenvalue weighted by atomic mass is 9.66. The molecule has 1 aliphatic carbocycles. The van der Waals surface area contributed by atoms with Gasteiger partial charge in [0.2, 0.25) is 0 Å². The number of ether oxygens (including phenoxy) is 4. The van der Waals surface area contributed by atoms with Gasteiger partial charge in [-0.3, -0.25) is 9.79 Å². The van der Waals surface area contributed by atoms with E-state index >= 15 is 0 Å². The van der Waals surface area contributed by atoms with Crippen molar-refractivity contribution in [3.8, 4) is 17.2 Å². The third-order valence-electron chi connectivity index (χ3n) is 7.78. The third-order valence-corrected chi connectivity index (χ3v) is 7.78. The first-order chi connectivity index (χ1) is 20.5. The Morgan fingerprint density at radius 3 is 2.29 bits per heavy atom. The monoisotopic (exact) mass is 567 g/mol. The first kappa shape index (κ1) is 29.1. The molecule has 0 N–H and O–H groups in total. The van der Waals surface area contributed by atoms with Gasteiger partial charge in [0, 0.05) is 23.7 Å². The molecule has 0 saturated heterocycles. The Bertz CT molecular complexity index is 1460. The molecule has 0 radical (unpaired) electrons. The van der Waals surface area contributed by atoms with Crippen molar-refractivity contribution in [2.45, 2.75) is 44.9 Å². The van der Waals surface area contributed by atoms with Crippen LogP contribution in [0.25, 0.3) is 0 Å². The summed E-state index contributed by atoms with van der Waals surface area (Å²) in [6.45, 7) is 4.69. The maximum absolute atomic E-state index is 13.9. The van der Waals surface area contributed by atoms with E-state index in [1.807, 2.05) is 80.6 Å². The van der Waals surface area contributed by atoms with E-state index in [1.165, 1.54) is 0 Å². The maximum atomic E-state index is 13.9. The number of para-hydroxylation sites is 1. The molecule has 5 rings (SSSR count). The minimum Gasteiger partial charge on any atom is -0.493 e. The molecule has 3 aromatic rings. The number of methoxy groups -OCH3 is 1. The van der Waals surface area contributed by atoms with Crippen molar-refractivity contribution in [3.63, 3.8) is 0 Å². The number of hydrogen-bond donors (Lipinski definition) is 0. The number of fused-ring (bicyclic) bond motifs is 1. The van der Waals surface area contributed by atoms with E-state index in [1.54, 1.807) is 7.11 Å². The Morgan fingerprint density at radius 2 is 1.57 bits per heavy atom. The van der Waals surface area contributed by atoms with E-state index in [9.17, 15) is 9.59 Å². The smallest absolute Gasteiger partial charge is 0.336 e. The summed E-state index contributed by atoms with van der Waals surface area (Å²) in [6.07, 6.45) is 1.89. The lowest BCUT2D eigenvalue weighted by Gasteiger charge is -2.38. The van der Waals surface area contributed by atoms with Gasteiger partial charge in [0.1, 0.15) is 24.7 Å². The van der Waals surface area contributed by atoms with Crippen LogP contribution in [-0.4, -0.2) is 44.4 Å². The number of nitrogens with zero attached hydrogens (tertiary/aromatic N) is 1. The molecule has 0 spiro atoms. The zero-order valence-electron chi connectivity index (χ0n) is 24.4. The molecule has 0 bridgehead atoms. The molecule has 1 aliphatic heterocycles. The fourth-order valence-electron chi connectivity index (χ4n) is 5.86. The van der Waals surface area contributed by atoms with Crippen molar-refractivity contribution in [1.29, 1.82) is 0 Å². The van der Waals surface area contributed by atoms with Crippen molar-refractivity contribution in [1.82, 2.24) is 0 Å². The summed E-state index contributed by atoms with van der Waals surface area (Å²) < 4.78 is 23.0. The van der Waals surface area contributed by atoms with E-state index in [0.29, 0.717) is 48.0 Å². The van der Waals surface area contributed by atoms with Gasteiger partial charge in [-0.1, -0.05) is 61.5 Å².